The summed E-state index contributed by atoms with van der Waals surface area (Å²) in [6, 6.07) is 3.67. The van der Waals surface area contributed by atoms with Crippen molar-refractivity contribution in [2.24, 2.45) is 0 Å². The van der Waals surface area contributed by atoms with Crippen LogP contribution >= 0.6 is 0 Å². The van der Waals surface area contributed by atoms with Crippen molar-refractivity contribution in [3.8, 4) is 5.88 Å². The van der Waals surface area contributed by atoms with Crippen LogP contribution in [0.5, 0.6) is 5.88 Å². The number of pyridine rings is 1. The van der Waals surface area contributed by atoms with Crippen LogP contribution < -0.4 is 4.74 Å². The SMILES string of the molecule is CC.COc1ccc2n[nH]c(C)c2n1. The fraction of sp³-hybridized carbons (Fsp3) is 0.400. The van der Waals surface area contributed by atoms with Crippen LogP contribution in [-0.4, -0.2) is 22.3 Å². The first kappa shape index (κ1) is 10.5. The molecule has 2 heterocycles. The summed E-state index contributed by atoms with van der Waals surface area (Å²) in [5.74, 6) is 0.618. The van der Waals surface area contributed by atoms with Crippen molar-refractivity contribution in [1.82, 2.24) is 15.2 Å². The van der Waals surface area contributed by atoms with Crippen molar-refractivity contribution in [3.05, 3.63) is 17.8 Å². The van der Waals surface area contributed by atoms with Crippen molar-refractivity contribution in [3.63, 3.8) is 0 Å². The molecule has 0 radical (unpaired) electrons. The fourth-order valence-electron chi connectivity index (χ4n) is 1.11. The molecule has 4 nitrogen and oxygen atoms in total. The molecule has 76 valence electrons. The first-order chi connectivity index (χ1) is 6.81. The van der Waals surface area contributed by atoms with Gasteiger partial charge >= 0.3 is 0 Å². The van der Waals surface area contributed by atoms with Crippen molar-refractivity contribution >= 4 is 11.0 Å². The molecule has 0 amide bonds. The van der Waals surface area contributed by atoms with Gasteiger partial charge in [-0.25, -0.2) is 4.98 Å². The van der Waals surface area contributed by atoms with Gasteiger partial charge in [-0.3, -0.25) is 5.10 Å². The van der Waals surface area contributed by atoms with E-state index in [-0.39, 0.29) is 0 Å². The number of H-pyrrole nitrogens is 1. The molecule has 2 aromatic heterocycles. The molecule has 0 fully saturated rings. The minimum atomic E-state index is 0.618. The minimum Gasteiger partial charge on any atom is -0.481 e. The summed E-state index contributed by atoms with van der Waals surface area (Å²) in [6.07, 6.45) is 0. The maximum atomic E-state index is 4.99. The number of hydrogen-bond acceptors (Lipinski definition) is 3. The summed E-state index contributed by atoms with van der Waals surface area (Å²) < 4.78 is 4.99. The topological polar surface area (TPSA) is 50.8 Å². The summed E-state index contributed by atoms with van der Waals surface area (Å²) in [5, 5.41) is 6.91. The summed E-state index contributed by atoms with van der Waals surface area (Å²) in [6.45, 7) is 5.93. The third kappa shape index (κ3) is 1.84. The summed E-state index contributed by atoms with van der Waals surface area (Å²) >= 11 is 0. The van der Waals surface area contributed by atoms with E-state index in [0.717, 1.165) is 16.7 Å². The molecular formula is C10H15N3O. The molecule has 0 aliphatic carbocycles. The highest BCUT2D eigenvalue weighted by Gasteiger charge is 2.03. The van der Waals surface area contributed by atoms with Crippen LogP contribution in [0, 0.1) is 6.92 Å². The lowest BCUT2D eigenvalue weighted by Gasteiger charge is -1.96. The Kier molecular flexibility index (Phi) is 3.45. The van der Waals surface area contributed by atoms with Crippen LogP contribution in [-0.2, 0) is 0 Å². The standard InChI is InChI=1S/C8H9N3O.C2H6/c1-5-8-6(11-10-5)3-4-7(9-8)12-2;1-2/h3-4H,1-2H3,(H,10,11);1-2H3. The van der Waals surface area contributed by atoms with Gasteiger partial charge in [0.2, 0.25) is 5.88 Å². The number of ether oxygens (including phenoxy) is 1. The zero-order valence-corrected chi connectivity index (χ0v) is 8.96. The Balaban J connectivity index is 0.000000461. The van der Waals surface area contributed by atoms with Crippen molar-refractivity contribution in [1.29, 1.82) is 0 Å². The van der Waals surface area contributed by atoms with Crippen LogP contribution in [0.25, 0.3) is 11.0 Å². The lowest BCUT2D eigenvalue weighted by molar-refractivity contribution is 0.399. The molecule has 2 rings (SSSR count). The van der Waals surface area contributed by atoms with Gasteiger partial charge in [-0.05, 0) is 13.0 Å². The van der Waals surface area contributed by atoms with Gasteiger partial charge in [-0.1, -0.05) is 13.8 Å². The predicted octanol–water partition coefficient (Wildman–Crippen LogP) is 2.30. The van der Waals surface area contributed by atoms with Crippen molar-refractivity contribution < 1.29 is 4.74 Å². The third-order valence-corrected chi connectivity index (χ3v) is 1.76. The van der Waals surface area contributed by atoms with E-state index in [1.807, 2.05) is 26.8 Å². The third-order valence-electron chi connectivity index (χ3n) is 1.76. The Morgan fingerprint density at radius 2 is 2.00 bits per heavy atom. The van der Waals surface area contributed by atoms with Crippen LogP contribution in [0.15, 0.2) is 12.1 Å². The Bertz CT molecular complexity index is 409. The Hall–Kier alpha value is -1.58. The molecule has 0 saturated carbocycles. The number of rotatable bonds is 1. The molecule has 0 spiro atoms. The van der Waals surface area contributed by atoms with Gasteiger partial charge in [0, 0.05) is 6.07 Å². The Morgan fingerprint density at radius 1 is 1.29 bits per heavy atom. The molecule has 2 aromatic rings. The van der Waals surface area contributed by atoms with Crippen LogP contribution in [0.4, 0.5) is 0 Å². The van der Waals surface area contributed by atoms with E-state index in [1.165, 1.54) is 0 Å². The molecule has 1 N–H and O–H groups in total. The predicted molar refractivity (Wildman–Crippen MR) is 56.5 cm³/mol. The molecule has 0 aliphatic rings. The number of nitrogens with one attached hydrogen (secondary N) is 1. The van der Waals surface area contributed by atoms with Gasteiger partial charge in [0.1, 0.15) is 11.0 Å². The first-order valence-corrected chi connectivity index (χ1v) is 4.67. The number of aryl methyl sites for hydroxylation is 1. The lowest BCUT2D eigenvalue weighted by atomic mass is 10.3. The zero-order chi connectivity index (χ0) is 10.6. The number of nitrogens with zero attached hydrogens (tertiary/aromatic N) is 2. The highest BCUT2D eigenvalue weighted by Crippen LogP contribution is 2.16. The van der Waals surface area contributed by atoms with Crippen molar-refractivity contribution in [2.45, 2.75) is 20.8 Å². The van der Waals surface area contributed by atoms with Gasteiger partial charge in [-0.15, -0.1) is 0 Å². The molecule has 0 atom stereocenters. The van der Waals surface area contributed by atoms with Crippen molar-refractivity contribution in [2.75, 3.05) is 7.11 Å². The van der Waals surface area contributed by atoms with Crippen LogP contribution in [0.2, 0.25) is 0 Å². The molecule has 0 aliphatic heterocycles. The summed E-state index contributed by atoms with van der Waals surface area (Å²) in [5.41, 5.74) is 2.70. The van der Waals surface area contributed by atoms with Crippen LogP contribution in [0.3, 0.4) is 0 Å². The average molecular weight is 193 g/mol. The van der Waals surface area contributed by atoms with Crippen LogP contribution in [0.1, 0.15) is 19.5 Å². The van der Waals surface area contributed by atoms with E-state index in [2.05, 4.69) is 15.2 Å². The van der Waals surface area contributed by atoms with Gasteiger partial charge in [0.05, 0.1) is 12.8 Å². The van der Waals surface area contributed by atoms with E-state index < -0.39 is 0 Å². The van der Waals surface area contributed by atoms with E-state index in [4.69, 9.17) is 4.74 Å². The first-order valence-electron chi connectivity index (χ1n) is 4.67. The molecule has 0 saturated heterocycles. The number of methoxy groups -OCH3 is 1. The molecule has 0 unspecified atom stereocenters. The second-order valence-electron chi connectivity index (χ2n) is 2.57. The monoisotopic (exact) mass is 193 g/mol. The van der Waals surface area contributed by atoms with Gasteiger partial charge < -0.3 is 4.74 Å². The quantitative estimate of drug-likeness (QED) is 0.756. The smallest absolute Gasteiger partial charge is 0.213 e. The molecule has 14 heavy (non-hydrogen) atoms. The van der Waals surface area contributed by atoms with E-state index in [0.29, 0.717) is 5.88 Å². The normalized spacial score (nSPS) is 9.43. The highest BCUT2D eigenvalue weighted by molar-refractivity contribution is 5.76. The number of fused-ring (bicyclic) bond motifs is 1. The second kappa shape index (κ2) is 4.60. The molecule has 0 aromatic carbocycles. The lowest BCUT2D eigenvalue weighted by Crippen LogP contribution is -1.86. The summed E-state index contributed by atoms with van der Waals surface area (Å²) in [7, 11) is 1.60. The van der Waals surface area contributed by atoms with Gasteiger partial charge in [-0.2, -0.15) is 5.10 Å². The molecule has 4 heteroatoms. The minimum absolute atomic E-state index is 0.618. The number of aromatic nitrogens is 3. The molecule has 0 bridgehead atoms. The van der Waals surface area contributed by atoms with E-state index in [1.54, 1.807) is 13.2 Å². The van der Waals surface area contributed by atoms with Gasteiger partial charge in [0.15, 0.2) is 0 Å². The second-order valence-corrected chi connectivity index (χ2v) is 2.57. The number of hydrogen-bond donors (Lipinski definition) is 1. The Morgan fingerprint density at radius 3 is 2.64 bits per heavy atom. The average Bonchev–Trinajstić information content (AvgIpc) is 2.63. The summed E-state index contributed by atoms with van der Waals surface area (Å²) in [4.78, 5) is 4.24. The highest BCUT2D eigenvalue weighted by atomic mass is 16.5. The zero-order valence-electron chi connectivity index (χ0n) is 8.96. The Labute approximate surface area is 83.3 Å². The van der Waals surface area contributed by atoms with E-state index in [9.17, 15) is 0 Å². The number of aromatic amines is 1. The maximum absolute atomic E-state index is 4.99. The maximum Gasteiger partial charge on any atom is 0.213 e. The molecular weight excluding hydrogens is 178 g/mol. The fourth-order valence-corrected chi connectivity index (χ4v) is 1.11. The van der Waals surface area contributed by atoms with Gasteiger partial charge in [0.25, 0.3) is 0 Å². The van der Waals surface area contributed by atoms with E-state index >= 15 is 0 Å². The largest absolute Gasteiger partial charge is 0.481 e.